The molecule has 1 atom stereocenters. The summed E-state index contributed by atoms with van der Waals surface area (Å²) >= 11 is 1.67. The zero-order chi connectivity index (χ0) is 13.1. The van der Waals surface area contributed by atoms with E-state index in [0.717, 1.165) is 50.4 Å². The molecule has 5 heteroatoms. The summed E-state index contributed by atoms with van der Waals surface area (Å²) in [4.78, 5) is 19.2. The molecule has 1 aromatic heterocycles. The first-order chi connectivity index (χ1) is 9.36. The van der Waals surface area contributed by atoms with Crippen molar-refractivity contribution in [1.29, 1.82) is 0 Å². The molecule has 2 fully saturated rings. The van der Waals surface area contributed by atoms with Gasteiger partial charge in [-0.15, -0.1) is 11.3 Å². The van der Waals surface area contributed by atoms with Gasteiger partial charge in [0.25, 0.3) is 0 Å². The zero-order valence-corrected chi connectivity index (χ0v) is 11.9. The predicted molar refractivity (Wildman–Crippen MR) is 74.0 cm³/mol. The van der Waals surface area contributed by atoms with Crippen LogP contribution in [0.5, 0.6) is 0 Å². The maximum absolute atomic E-state index is 12.7. The lowest BCUT2D eigenvalue weighted by Crippen LogP contribution is -2.43. The van der Waals surface area contributed by atoms with Crippen LogP contribution in [0.2, 0.25) is 0 Å². The lowest BCUT2D eigenvalue weighted by atomic mass is 9.95. The third kappa shape index (κ3) is 2.82. The third-order valence-corrected chi connectivity index (χ3v) is 4.97. The Morgan fingerprint density at radius 1 is 1.32 bits per heavy atom. The average molecular weight is 280 g/mol. The van der Waals surface area contributed by atoms with E-state index in [1.165, 1.54) is 6.42 Å². The topological polar surface area (TPSA) is 42.4 Å². The van der Waals surface area contributed by atoms with Gasteiger partial charge in [0, 0.05) is 37.3 Å². The molecule has 0 radical (unpaired) electrons. The van der Waals surface area contributed by atoms with Crippen LogP contribution >= 0.6 is 11.3 Å². The highest BCUT2D eigenvalue weighted by molar-refractivity contribution is 7.09. The Hall–Kier alpha value is -0.940. The third-order valence-electron chi connectivity index (χ3n) is 4.09. The van der Waals surface area contributed by atoms with Crippen molar-refractivity contribution in [2.24, 2.45) is 5.92 Å². The van der Waals surface area contributed by atoms with Crippen molar-refractivity contribution < 1.29 is 9.53 Å². The van der Waals surface area contributed by atoms with E-state index >= 15 is 0 Å². The van der Waals surface area contributed by atoms with Gasteiger partial charge in [-0.3, -0.25) is 4.79 Å². The van der Waals surface area contributed by atoms with Crippen LogP contribution in [0.15, 0.2) is 11.6 Å². The van der Waals surface area contributed by atoms with Crippen LogP contribution in [0.25, 0.3) is 0 Å². The molecule has 0 unspecified atom stereocenters. The number of hydrogen-bond donors (Lipinski definition) is 0. The Morgan fingerprint density at radius 3 is 2.89 bits per heavy atom. The van der Waals surface area contributed by atoms with Crippen molar-refractivity contribution in [2.75, 3.05) is 19.8 Å². The molecule has 19 heavy (non-hydrogen) atoms. The number of aromatic nitrogens is 1. The fraction of sp³-hybridized carbons (Fsp3) is 0.714. The van der Waals surface area contributed by atoms with E-state index in [1.54, 1.807) is 11.3 Å². The van der Waals surface area contributed by atoms with Crippen molar-refractivity contribution in [3.63, 3.8) is 0 Å². The Balaban J connectivity index is 1.74. The minimum absolute atomic E-state index is 0.161. The summed E-state index contributed by atoms with van der Waals surface area (Å²) in [5.74, 6) is 0.484. The molecule has 0 aliphatic carbocycles. The van der Waals surface area contributed by atoms with Crippen molar-refractivity contribution >= 4 is 17.2 Å². The molecule has 2 saturated heterocycles. The van der Waals surface area contributed by atoms with E-state index in [0.29, 0.717) is 5.91 Å². The summed E-state index contributed by atoms with van der Waals surface area (Å²) in [6, 6.07) is 0.212. The maximum atomic E-state index is 12.7. The molecule has 104 valence electrons. The van der Waals surface area contributed by atoms with Gasteiger partial charge in [-0.05, 0) is 32.1 Å². The van der Waals surface area contributed by atoms with Crippen LogP contribution in [-0.2, 0) is 9.53 Å². The van der Waals surface area contributed by atoms with Crippen LogP contribution in [0.4, 0.5) is 0 Å². The highest BCUT2D eigenvalue weighted by atomic mass is 32.1. The quantitative estimate of drug-likeness (QED) is 0.836. The molecule has 2 aliphatic rings. The predicted octanol–water partition coefficient (Wildman–Crippen LogP) is 2.62. The number of amides is 1. The van der Waals surface area contributed by atoms with Gasteiger partial charge in [0.05, 0.1) is 6.04 Å². The number of nitrogens with zero attached hydrogens (tertiary/aromatic N) is 2. The molecule has 0 bridgehead atoms. The van der Waals surface area contributed by atoms with Crippen molar-refractivity contribution in [1.82, 2.24) is 9.88 Å². The largest absolute Gasteiger partial charge is 0.381 e. The molecule has 3 heterocycles. The Bertz CT molecular complexity index is 415. The average Bonchev–Trinajstić information content (AvgIpc) is 3.01. The Morgan fingerprint density at radius 2 is 2.16 bits per heavy atom. The van der Waals surface area contributed by atoms with E-state index in [9.17, 15) is 4.79 Å². The summed E-state index contributed by atoms with van der Waals surface area (Å²) in [5.41, 5.74) is 0. The molecule has 3 rings (SSSR count). The van der Waals surface area contributed by atoms with Crippen LogP contribution in [0.3, 0.4) is 0 Å². The number of carbonyl (C=O) groups excluding carboxylic acids is 1. The monoisotopic (exact) mass is 280 g/mol. The second-order valence-corrected chi connectivity index (χ2v) is 6.23. The first-order valence-electron chi connectivity index (χ1n) is 7.14. The zero-order valence-electron chi connectivity index (χ0n) is 11.1. The van der Waals surface area contributed by atoms with Crippen molar-refractivity contribution in [3.8, 4) is 0 Å². The van der Waals surface area contributed by atoms with Crippen LogP contribution < -0.4 is 0 Å². The number of ether oxygens (including phenoxy) is 1. The van der Waals surface area contributed by atoms with E-state index in [1.807, 2.05) is 11.6 Å². The van der Waals surface area contributed by atoms with Gasteiger partial charge >= 0.3 is 0 Å². The van der Waals surface area contributed by atoms with Crippen molar-refractivity contribution in [2.45, 2.75) is 38.1 Å². The number of thiazole rings is 1. The molecule has 0 aromatic carbocycles. The number of rotatable bonds is 2. The summed E-state index contributed by atoms with van der Waals surface area (Å²) in [5, 5.41) is 3.10. The first kappa shape index (κ1) is 13.1. The second kappa shape index (κ2) is 6.01. The van der Waals surface area contributed by atoms with E-state index in [4.69, 9.17) is 4.74 Å². The number of carbonyl (C=O) groups is 1. The number of likely N-dealkylation sites (tertiary alicyclic amines) is 1. The van der Waals surface area contributed by atoms with E-state index < -0.39 is 0 Å². The van der Waals surface area contributed by atoms with Gasteiger partial charge in [0.2, 0.25) is 5.91 Å². The van der Waals surface area contributed by atoms with Gasteiger partial charge in [-0.2, -0.15) is 0 Å². The summed E-state index contributed by atoms with van der Waals surface area (Å²) in [7, 11) is 0. The first-order valence-corrected chi connectivity index (χ1v) is 8.02. The van der Waals surface area contributed by atoms with Gasteiger partial charge in [0.15, 0.2) is 0 Å². The van der Waals surface area contributed by atoms with Gasteiger partial charge in [-0.1, -0.05) is 0 Å². The molecule has 0 spiro atoms. The normalized spacial score (nSPS) is 25.5. The second-order valence-electron chi connectivity index (χ2n) is 5.30. The molecular formula is C14H20N2O2S. The maximum Gasteiger partial charge on any atom is 0.226 e. The van der Waals surface area contributed by atoms with E-state index in [2.05, 4.69) is 9.88 Å². The van der Waals surface area contributed by atoms with Gasteiger partial charge in [0.1, 0.15) is 5.01 Å². The molecule has 0 saturated carbocycles. The lowest BCUT2D eigenvalue weighted by Gasteiger charge is -2.37. The molecular weight excluding hydrogens is 260 g/mol. The summed E-state index contributed by atoms with van der Waals surface area (Å²) in [6.45, 7) is 2.35. The van der Waals surface area contributed by atoms with E-state index in [-0.39, 0.29) is 12.0 Å². The molecule has 2 aliphatic heterocycles. The molecule has 4 nitrogen and oxygen atoms in total. The standard InChI is InChI=1S/C14H20N2O2S/c17-14(11-4-8-18-9-5-11)16-7-2-1-3-12(16)13-15-6-10-19-13/h6,10-12H,1-5,7-9H2/t12-/m1/s1. The Labute approximate surface area is 117 Å². The fourth-order valence-electron chi connectivity index (χ4n) is 3.03. The number of hydrogen-bond acceptors (Lipinski definition) is 4. The van der Waals surface area contributed by atoms with Gasteiger partial charge < -0.3 is 9.64 Å². The smallest absolute Gasteiger partial charge is 0.226 e. The minimum Gasteiger partial charge on any atom is -0.381 e. The molecule has 1 aromatic rings. The SMILES string of the molecule is O=C(C1CCOCC1)N1CCCC[C@@H]1c1nccs1. The van der Waals surface area contributed by atoms with Crippen LogP contribution in [0.1, 0.15) is 43.2 Å². The highest BCUT2D eigenvalue weighted by Gasteiger charge is 2.34. The van der Waals surface area contributed by atoms with Gasteiger partial charge in [-0.25, -0.2) is 4.98 Å². The Kier molecular flexibility index (Phi) is 4.13. The number of piperidine rings is 1. The van der Waals surface area contributed by atoms with Crippen LogP contribution in [0, 0.1) is 5.92 Å². The molecule has 1 amide bonds. The lowest BCUT2D eigenvalue weighted by molar-refractivity contribution is -0.142. The summed E-state index contributed by atoms with van der Waals surface area (Å²) < 4.78 is 5.36. The van der Waals surface area contributed by atoms with Crippen molar-refractivity contribution in [3.05, 3.63) is 16.6 Å². The molecule has 0 N–H and O–H groups in total. The summed E-state index contributed by atoms with van der Waals surface area (Å²) in [6.07, 6.45) is 6.96. The highest BCUT2D eigenvalue weighted by Crippen LogP contribution is 2.34. The minimum atomic E-state index is 0.161. The van der Waals surface area contributed by atoms with Crippen LogP contribution in [-0.4, -0.2) is 35.5 Å². The fourth-order valence-corrected chi connectivity index (χ4v) is 3.82.